The highest BCUT2D eigenvalue weighted by Gasteiger charge is 2.16. The highest BCUT2D eigenvalue weighted by Crippen LogP contribution is 2.12. The zero-order valence-corrected chi connectivity index (χ0v) is 15.5. The summed E-state index contributed by atoms with van der Waals surface area (Å²) < 4.78 is 1.80. The Morgan fingerprint density at radius 2 is 1.70 bits per heavy atom. The second-order valence-electron chi connectivity index (χ2n) is 6.66. The molecular weight excluding hydrogens is 336 g/mol. The van der Waals surface area contributed by atoms with E-state index in [4.69, 9.17) is 0 Å². The summed E-state index contributed by atoms with van der Waals surface area (Å²) in [5.41, 5.74) is 2.51. The van der Waals surface area contributed by atoms with Crippen molar-refractivity contribution in [2.45, 2.75) is 13.8 Å². The van der Waals surface area contributed by atoms with Crippen LogP contribution in [-0.4, -0.2) is 38.7 Å². The Kier molecular flexibility index (Phi) is 6.01. The van der Waals surface area contributed by atoms with E-state index in [0.29, 0.717) is 24.6 Å². The van der Waals surface area contributed by atoms with Gasteiger partial charge in [0, 0.05) is 23.4 Å². The lowest BCUT2D eigenvalue weighted by Crippen LogP contribution is -2.34. The molecule has 0 radical (unpaired) electrons. The van der Waals surface area contributed by atoms with Gasteiger partial charge in [0.15, 0.2) is 0 Å². The van der Waals surface area contributed by atoms with Crippen LogP contribution in [-0.2, 0) is 0 Å². The zero-order chi connectivity index (χ0) is 19.1. The van der Waals surface area contributed by atoms with Gasteiger partial charge in [0.1, 0.15) is 12.7 Å². The largest absolute Gasteiger partial charge is 0.327 e. The molecule has 0 aliphatic carbocycles. The van der Waals surface area contributed by atoms with Gasteiger partial charge >= 0.3 is 0 Å². The van der Waals surface area contributed by atoms with Gasteiger partial charge in [0.2, 0.25) is 0 Å². The van der Waals surface area contributed by atoms with Gasteiger partial charge in [-0.1, -0.05) is 43.9 Å². The van der Waals surface area contributed by atoms with Crippen LogP contribution in [0.4, 0.5) is 0 Å². The van der Waals surface area contributed by atoms with Crippen LogP contribution in [0.2, 0.25) is 0 Å². The Morgan fingerprint density at radius 3 is 2.33 bits per heavy atom. The highest BCUT2D eigenvalue weighted by atomic mass is 16.2. The van der Waals surface area contributed by atoms with Gasteiger partial charge < -0.3 is 4.90 Å². The summed E-state index contributed by atoms with van der Waals surface area (Å²) in [4.78, 5) is 14.7. The van der Waals surface area contributed by atoms with Gasteiger partial charge in [-0.15, -0.1) is 10.2 Å². The molecule has 0 spiro atoms. The molecule has 1 amide bonds. The molecule has 0 aliphatic rings. The van der Waals surface area contributed by atoms with Gasteiger partial charge in [-0.2, -0.15) is 0 Å². The first-order valence-electron chi connectivity index (χ1n) is 8.92. The van der Waals surface area contributed by atoms with E-state index in [1.54, 1.807) is 22.1 Å². The first-order chi connectivity index (χ1) is 13.1. The SMILES string of the molecule is CC(C)CN(CC#Cc1ccccc1)C(=O)c1ccc(-n2cnnc2)cc1. The fourth-order valence-electron chi connectivity index (χ4n) is 2.71. The number of carbonyl (C=O) groups is 1. The Labute approximate surface area is 159 Å². The lowest BCUT2D eigenvalue weighted by molar-refractivity contribution is 0.0759. The Bertz CT molecular complexity index is 920. The van der Waals surface area contributed by atoms with E-state index >= 15 is 0 Å². The predicted octanol–water partition coefficient (Wildman–Crippen LogP) is 3.42. The monoisotopic (exact) mass is 358 g/mol. The third-order valence-electron chi connectivity index (χ3n) is 3.98. The first-order valence-corrected chi connectivity index (χ1v) is 8.92. The second kappa shape index (κ2) is 8.81. The lowest BCUT2D eigenvalue weighted by Gasteiger charge is -2.22. The van der Waals surface area contributed by atoms with Crippen molar-refractivity contribution in [3.63, 3.8) is 0 Å². The number of carbonyl (C=O) groups excluding carboxylic acids is 1. The molecule has 5 nitrogen and oxygen atoms in total. The normalized spacial score (nSPS) is 10.3. The third kappa shape index (κ3) is 5.05. The number of hydrogen-bond acceptors (Lipinski definition) is 3. The van der Waals surface area contributed by atoms with Gasteiger partial charge in [-0.05, 0) is 42.3 Å². The summed E-state index contributed by atoms with van der Waals surface area (Å²) in [7, 11) is 0. The Morgan fingerprint density at radius 1 is 1.04 bits per heavy atom. The maximum atomic E-state index is 12.9. The molecule has 1 heterocycles. The molecule has 0 saturated carbocycles. The van der Waals surface area contributed by atoms with Crippen LogP contribution < -0.4 is 0 Å². The van der Waals surface area contributed by atoms with Crippen molar-refractivity contribution in [3.8, 4) is 17.5 Å². The van der Waals surface area contributed by atoms with E-state index in [0.717, 1.165) is 11.3 Å². The number of benzene rings is 2. The number of amides is 1. The van der Waals surface area contributed by atoms with Crippen molar-refractivity contribution >= 4 is 5.91 Å². The van der Waals surface area contributed by atoms with E-state index < -0.39 is 0 Å². The average Bonchev–Trinajstić information content (AvgIpc) is 3.22. The molecule has 1 aromatic heterocycles. The molecule has 3 aromatic rings. The average molecular weight is 358 g/mol. The second-order valence-corrected chi connectivity index (χ2v) is 6.66. The van der Waals surface area contributed by atoms with Gasteiger partial charge in [0.05, 0.1) is 6.54 Å². The first kappa shape index (κ1) is 18.4. The maximum Gasteiger partial charge on any atom is 0.254 e. The fourth-order valence-corrected chi connectivity index (χ4v) is 2.71. The van der Waals surface area contributed by atoms with Crippen molar-refractivity contribution in [1.29, 1.82) is 0 Å². The van der Waals surface area contributed by atoms with E-state index in [2.05, 4.69) is 35.9 Å². The molecule has 3 rings (SSSR count). The Balaban J connectivity index is 1.74. The minimum absolute atomic E-state index is 0.0126. The smallest absolute Gasteiger partial charge is 0.254 e. The number of hydrogen-bond donors (Lipinski definition) is 0. The molecule has 0 saturated heterocycles. The van der Waals surface area contributed by atoms with Crippen molar-refractivity contribution in [2.75, 3.05) is 13.1 Å². The van der Waals surface area contributed by atoms with Crippen LogP contribution in [0.3, 0.4) is 0 Å². The van der Waals surface area contributed by atoms with Crippen molar-refractivity contribution in [3.05, 3.63) is 78.4 Å². The van der Waals surface area contributed by atoms with Crippen LogP contribution in [0.1, 0.15) is 29.8 Å². The molecule has 136 valence electrons. The molecule has 0 unspecified atom stereocenters. The van der Waals surface area contributed by atoms with Crippen molar-refractivity contribution in [1.82, 2.24) is 19.7 Å². The number of nitrogens with zero attached hydrogens (tertiary/aromatic N) is 4. The van der Waals surface area contributed by atoms with E-state index in [1.807, 2.05) is 54.6 Å². The minimum atomic E-state index is -0.0126. The van der Waals surface area contributed by atoms with Crippen LogP contribution in [0.5, 0.6) is 0 Å². The maximum absolute atomic E-state index is 12.9. The number of rotatable bonds is 5. The lowest BCUT2D eigenvalue weighted by atomic mass is 10.1. The minimum Gasteiger partial charge on any atom is -0.327 e. The molecule has 0 N–H and O–H groups in total. The van der Waals surface area contributed by atoms with Crippen molar-refractivity contribution in [2.24, 2.45) is 5.92 Å². The Hall–Kier alpha value is -3.39. The summed E-state index contributed by atoms with van der Waals surface area (Å²) in [6.07, 6.45) is 3.25. The van der Waals surface area contributed by atoms with Crippen LogP contribution in [0.25, 0.3) is 5.69 Å². The third-order valence-corrected chi connectivity index (χ3v) is 3.98. The van der Waals surface area contributed by atoms with Gasteiger partial charge in [-0.3, -0.25) is 9.36 Å². The fraction of sp³-hybridized carbons (Fsp3) is 0.227. The summed E-state index contributed by atoms with van der Waals surface area (Å²) in [5, 5.41) is 7.60. The molecule has 5 heteroatoms. The van der Waals surface area contributed by atoms with E-state index in [-0.39, 0.29) is 5.91 Å². The van der Waals surface area contributed by atoms with Crippen LogP contribution in [0, 0.1) is 17.8 Å². The van der Waals surface area contributed by atoms with Gasteiger partial charge in [-0.25, -0.2) is 0 Å². The molecule has 0 atom stereocenters. The van der Waals surface area contributed by atoms with E-state index in [9.17, 15) is 4.79 Å². The molecule has 0 aliphatic heterocycles. The summed E-state index contributed by atoms with van der Waals surface area (Å²) in [5.74, 6) is 6.60. The summed E-state index contributed by atoms with van der Waals surface area (Å²) in [6, 6.07) is 17.2. The summed E-state index contributed by atoms with van der Waals surface area (Å²) >= 11 is 0. The molecule has 27 heavy (non-hydrogen) atoms. The molecule has 0 fully saturated rings. The predicted molar refractivity (Wildman–Crippen MR) is 105 cm³/mol. The standard InChI is InChI=1S/C22H22N4O/c1-18(2)15-25(14-6-9-19-7-4-3-5-8-19)22(27)20-10-12-21(13-11-20)26-16-23-24-17-26/h3-5,7-8,10-13,16-18H,14-15H2,1-2H3. The number of aromatic nitrogens is 3. The summed E-state index contributed by atoms with van der Waals surface area (Å²) in [6.45, 7) is 5.26. The quantitative estimate of drug-likeness (QED) is 0.657. The zero-order valence-electron chi connectivity index (χ0n) is 15.5. The van der Waals surface area contributed by atoms with Gasteiger partial charge in [0.25, 0.3) is 5.91 Å². The topological polar surface area (TPSA) is 51.0 Å². The van der Waals surface area contributed by atoms with Crippen LogP contribution >= 0.6 is 0 Å². The van der Waals surface area contributed by atoms with E-state index in [1.165, 1.54) is 0 Å². The highest BCUT2D eigenvalue weighted by molar-refractivity contribution is 5.94. The molecular formula is C22H22N4O. The van der Waals surface area contributed by atoms with Crippen molar-refractivity contribution < 1.29 is 4.79 Å². The molecule has 2 aromatic carbocycles. The van der Waals surface area contributed by atoms with Crippen LogP contribution in [0.15, 0.2) is 67.3 Å². The molecule has 0 bridgehead atoms.